The van der Waals surface area contributed by atoms with Crippen LogP contribution in [0.1, 0.15) is 30.1 Å². The standard InChI is InChI=1S/C10H14N4O3/c1-2-3-4-12-10(15)7-5-9(14(16)17)13-6-8(7)11/h5-6H,2-4,11H2,1H3,(H,12,15). The number of aromatic nitrogens is 1. The molecule has 0 atom stereocenters. The van der Waals surface area contributed by atoms with E-state index in [4.69, 9.17) is 5.73 Å². The Hall–Kier alpha value is -2.18. The Morgan fingerprint density at radius 1 is 1.65 bits per heavy atom. The SMILES string of the molecule is CCCCNC(=O)c1cc([N+](=O)[O-])ncc1N. The van der Waals surface area contributed by atoms with E-state index in [2.05, 4.69) is 10.3 Å². The number of carbonyl (C=O) groups is 1. The average molecular weight is 238 g/mol. The second-order valence-electron chi connectivity index (χ2n) is 3.50. The minimum atomic E-state index is -0.664. The number of hydrogen-bond acceptors (Lipinski definition) is 5. The summed E-state index contributed by atoms with van der Waals surface area (Å²) in [4.78, 5) is 25.0. The van der Waals surface area contributed by atoms with Crippen LogP contribution in [0.25, 0.3) is 0 Å². The highest BCUT2D eigenvalue weighted by atomic mass is 16.6. The monoisotopic (exact) mass is 238 g/mol. The second-order valence-corrected chi connectivity index (χ2v) is 3.50. The van der Waals surface area contributed by atoms with Gasteiger partial charge in [0.05, 0.1) is 17.3 Å². The van der Waals surface area contributed by atoms with E-state index in [1.807, 2.05) is 6.92 Å². The Morgan fingerprint density at radius 3 is 2.94 bits per heavy atom. The number of rotatable bonds is 5. The first-order valence-electron chi connectivity index (χ1n) is 5.24. The first-order chi connectivity index (χ1) is 8.06. The fraction of sp³-hybridized carbons (Fsp3) is 0.400. The topological polar surface area (TPSA) is 111 Å². The molecule has 0 aliphatic rings. The van der Waals surface area contributed by atoms with Crippen LogP contribution in [0.15, 0.2) is 12.3 Å². The molecule has 1 heterocycles. The third-order valence-electron chi connectivity index (χ3n) is 2.17. The van der Waals surface area contributed by atoms with E-state index in [1.165, 1.54) is 0 Å². The van der Waals surface area contributed by atoms with Gasteiger partial charge in [-0.25, -0.2) is 0 Å². The number of pyridine rings is 1. The zero-order chi connectivity index (χ0) is 12.8. The number of nitrogen functional groups attached to an aromatic ring is 1. The van der Waals surface area contributed by atoms with Crippen LogP contribution in [-0.4, -0.2) is 22.4 Å². The Bertz CT molecular complexity index is 434. The van der Waals surface area contributed by atoms with E-state index in [1.54, 1.807) is 0 Å². The number of carbonyl (C=O) groups excluding carboxylic acids is 1. The molecule has 17 heavy (non-hydrogen) atoms. The fourth-order valence-electron chi connectivity index (χ4n) is 1.23. The van der Waals surface area contributed by atoms with Crippen molar-refractivity contribution in [3.05, 3.63) is 27.9 Å². The van der Waals surface area contributed by atoms with Gasteiger partial charge in [-0.2, -0.15) is 0 Å². The summed E-state index contributed by atoms with van der Waals surface area (Å²) in [6, 6.07) is 1.08. The number of unbranched alkanes of at least 4 members (excludes halogenated alkanes) is 1. The lowest BCUT2D eigenvalue weighted by Crippen LogP contribution is -2.25. The van der Waals surface area contributed by atoms with E-state index < -0.39 is 10.8 Å². The van der Waals surface area contributed by atoms with Crippen molar-refractivity contribution in [1.29, 1.82) is 0 Å². The summed E-state index contributed by atoms with van der Waals surface area (Å²) in [6.07, 6.45) is 2.91. The Labute approximate surface area is 98.2 Å². The molecule has 0 spiro atoms. The van der Waals surface area contributed by atoms with Crippen molar-refractivity contribution < 1.29 is 9.72 Å². The first kappa shape index (κ1) is 12.9. The van der Waals surface area contributed by atoms with E-state index >= 15 is 0 Å². The summed E-state index contributed by atoms with van der Waals surface area (Å²) in [5.74, 6) is -0.804. The van der Waals surface area contributed by atoms with Gasteiger partial charge in [-0.05, 0) is 16.3 Å². The van der Waals surface area contributed by atoms with Gasteiger partial charge in [0.15, 0.2) is 6.20 Å². The molecular formula is C10H14N4O3. The van der Waals surface area contributed by atoms with Gasteiger partial charge in [-0.15, -0.1) is 0 Å². The maximum absolute atomic E-state index is 11.7. The molecule has 0 saturated heterocycles. The summed E-state index contributed by atoms with van der Waals surface area (Å²) in [7, 11) is 0. The quantitative estimate of drug-likeness (QED) is 0.453. The summed E-state index contributed by atoms with van der Waals surface area (Å²) >= 11 is 0. The molecule has 0 fully saturated rings. The zero-order valence-corrected chi connectivity index (χ0v) is 9.47. The van der Waals surface area contributed by atoms with Crippen molar-refractivity contribution in [2.24, 2.45) is 0 Å². The summed E-state index contributed by atoms with van der Waals surface area (Å²) in [6.45, 7) is 2.52. The minimum Gasteiger partial charge on any atom is -0.395 e. The normalized spacial score (nSPS) is 9.94. The highest BCUT2D eigenvalue weighted by Gasteiger charge is 2.16. The zero-order valence-electron chi connectivity index (χ0n) is 9.47. The maximum atomic E-state index is 11.7. The van der Waals surface area contributed by atoms with E-state index in [-0.39, 0.29) is 17.1 Å². The molecule has 0 aliphatic heterocycles. The van der Waals surface area contributed by atoms with Crippen molar-refractivity contribution >= 4 is 17.4 Å². The number of hydrogen-bond donors (Lipinski definition) is 2. The molecule has 7 nitrogen and oxygen atoms in total. The van der Waals surface area contributed by atoms with Crippen molar-refractivity contribution in [2.45, 2.75) is 19.8 Å². The predicted molar refractivity (Wildman–Crippen MR) is 62.5 cm³/mol. The number of nitrogens with zero attached hydrogens (tertiary/aromatic N) is 2. The van der Waals surface area contributed by atoms with Crippen LogP contribution >= 0.6 is 0 Å². The molecule has 92 valence electrons. The molecular weight excluding hydrogens is 224 g/mol. The highest BCUT2D eigenvalue weighted by molar-refractivity contribution is 5.99. The molecule has 0 aromatic carbocycles. The lowest BCUT2D eigenvalue weighted by molar-refractivity contribution is -0.389. The highest BCUT2D eigenvalue weighted by Crippen LogP contribution is 2.16. The van der Waals surface area contributed by atoms with Gasteiger partial charge < -0.3 is 21.2 Å². The van der Waals surface area contributed by atoms with E-state index in [9.17, 15) is 14.9 Å². The molecule has 0 radical (unpaired) electrons. The molecule has 1 amide bonds. The number of amides is 1. The molecule has 1 aromatic rings. The lowest BCUT2D eigenvalue weighted by atomic mass is 10.2. The van der Waals surface area contributed by atoms with Gasteiger partial charge in [0.25, 0.3) is 5.91 Å². The minimum absolute atomic E-state index is 0.0859. The van der Waals surface area contributed by atoms with E-state index in [0.717, 1.165) is 25.1 Å². The van der Waals surface area contributed by atoms with Crippen molar-refractivity contribution in [3.63, 3.8) is 0 Å². The van der Waals surface area contributed by atoms with Crippen LogP contribution in [0.3, 0.4) is 0 Å². The summed E-state index contributed by atoms with van der Waals surface area (Å²) in [5.41, 5.74) is 5.76. The number of anilines is 1. The Kier molecular flexibility index (Phi) is 4.38. The molecule has 1 rings (SSSR count). The summed E-state index contributed by atoms with van der Waals surface area (Å²) in [5, 5.41) is 13.2. The van der Waals surface area contributed by atoms with Crippen LogP contribution in [-0.2, 0) is 0 Å². The largest absolute Gasteiger partial charge is 0.395 e. The molecule has 0 saturated carbocycles. The Balaban J connectivity index is 2.84. The third kappa shape index (κ3) is 3.40. The first-order valence-corrected chi connectivity index (χ1v) is 5.24. The van der Waals surface area contributed by atoms with Gasteiger partial charge >= 0.3 is 5.82 Å². The van der Waals surface area contributed by atoms with Crippen LogP contribution in [0.4, 0.5) is 11.5 Å². The van der Waals surface area contributed by atoms with E-state index in [0.29, 0.717) is 6.54 Å². The van der Waals surface area contributed by atoms with Gasteiger partial charge in [-0.3, -0.25) is 4.79 Å². The van der Waals surface area contributed by atoms with Crippen LogP contribution in [0.2, 0.25) is 0 Å². The molecule has 7 heteroatoms. The molecule has 0 bridgehead atoms. The number of nitrogens with one attached hydrogen (secondary N) is 1. The third-order valence-corrected chi connectivity index (χ3v) is 2.17. The smallest absolute Gasteiger partial charge is 0.364 e. The van der Waals surface area contributed by atoms with Crippen molar-refractivity contribution in [3.8, 4) is 0 Å². The summed E-state index contributed by atoms with van der Waals surface area (Å²) < 4.78 is 0. The molecule has 0 aliphatic carbocycles. The molecule has 1 aromatic heterocycles. The van der Waals surface area contributed by atoms with Crippen LogP contribution < -0.4 is 11.1 Å². The number of nitrogens with two attached hydrogens (primary N) is 1. The number of nitro groups is 1. The van der Waals surface area contributed by atoms with Gasteiger partial charge in [-0.1, -0.05) is 13.3 Å². The Morgan fingerprint density at radius 2 is 2.35 bits per heavy atom. The van der Waals surface area contributed by atoms with Crippen molar-refractivity contribution in [1.82, 2.24) is 10.3 Å². The fourth-order valence-corrected chi connectivity index (χ4v) is 1.23. The van der Waals surface area contributed by atoms with Gasteiger partial charge in [0.2, 0.25) is 0 Å². The van der Waals surface area contributed by atoms with Gasteiger partial charge in [0.1, 0.15) is 0 Å². The second kappa shape index (κ2) is 5.78. The van der Waals surface area contributed by atoms with Crippen LogP contribution in [0, 0.1) is 10.1 Å². The van der Waals surface area contributed by atoms with Crippen molar-refractivity contribution in [2.75, 3.05) is 12.3 Å². The average Bonchev–Trinajstić information content (AvgIpc) is 2.29. The lowest BCUT2D eigenvalue weighted by Gasteiger charge is -2.05. The van der Waals surface area contributed by atoms with Crippen LogP contribution in [0.5, 0.6) is 0 Å². The predicted octanol–water partition coefficient (Wildman–Crippen LogP) is 1.10. The molecule has 0 unspecified atom stereocenters. The molecule has 3 N–H and O–H groups in total. The maximum Gasteiger partial charge on any atom is 0.364 e. The van der Waals surface area contributed by atoms with Gasteiger partial charge in [0, 0.05) is 6.54 Å².